The molecule has 0 radical (unpaired) electrons. The van der Waals surface area contributed by atoms with Gasteiger partial charge in [-0.2, -0.15) is 0 Å². The summed E-state index contributed by atoms with van der Waals surface area (Å²) in [6.45, 7) is 0. The van der Waals surface area contributed by atoms with Gasteiger partial charge in [0.1, 0.15) is 0 Å². The molecule has 0 saturated heterocycles. The van der Waals surface area contributed by atoms with Gasteiger partial charge in [-0.3, -0.25) is 4.98 Å². The highest BCUT2D eigenvalue weighted by Gasteiger charge is 2.15. The summed E-state index contributed by atoms with van der Waals surface area (Å²) in [4.78, 5) is 14.6. The second kappa shape index (κ2) is 14.1. The van der Waals surface area contributed by atoms with E-state index < -0.39 is 0 Å². The lowest BCUT2D eigenvalue weighted by molar-refractivity contribution is 1.18. The van der Waals surface area contributed by atoms with E-state index in [1.54, 1.807) is 0 Å². The lowest BCUT2D eigenvalue weighted by Crippen LogP contribution is -1.96. The van der Waals surface area contributed by atoms with Crippen LogP contribution in [0.3, 0.4) is 0 Å². The van der Waals surface area contributed by atoms with Crippen LogP contribution < -0.4 is 0 Å². The van der Waals surface area contributed by atoms with Crippen molar-refractivity contribution in [3.8, 4) is 78.4 Å². The normalized spacial score (nSPS) is 11.3. The predicted octanol–water partition coefficient (Wildman–Crippen LogP) is 13.9. The number of hydrogen-bond donors (Lipinski definition) is 0. The smallest absolute Gasteiger partial charge is 0.160 e. The number of hydrogen-bond acceptors (Lipinski definition) is 4. The zero-order valence-electron chi connectivity index (χ0n) is 29.8. The van der Waals surface area contributed by atoms with Crippen molar-refractivity contribution in [1.29, 1.82) is 0 Å². The van der Waals surface area contributed by atoms with Crippen LogP contribution in [0.15, 0.2) is 200 Å². The molecule has 3 nitrogen and oxygen atoms in total. The Hall–Kier alpha value is -7.01. The average molecular weight is 720 g/mol. The molecule has 55 heavy (non-hydrogen) atoms. The van der Waals surface area contributed by atoms with Crippen molar-refractivity contribution in [3.05, 3.63) is 200 Å². The fraction of sp³-hybridized carbons (Fsp3) is 0. The Balaban J connectivity index is 1.14. The molecule has 0 aliphatic rings. The number of pyridine rings is 1. The van der Waals surface area contributed by atoms with Crippen LogP contribution in [0, 0.1) is 0 Å². The van der Waals surface area contributed by atoms with Gasteiger partial charge in [0, 0.05) is 49.3 Å². The lowest BCUT2D eigenvalue weighted by Gasteiger charge is -2.14. The van der Waals surface area contributed by atoms with E-state index in [2.05, 4.69) is 163 Å². The number of benzene rings is 7. The molecule has 3 heterocycles. The van der Waals surface area contributed by atoms with E-state index in [1.807, 2.05) is 54.1 Å². The molecule has 0 spiro atoms. The van der Waals surface area contributed by atoms with E-state index in [0.29, 0.717) is 5.82 Å². The molecule has 7 aromatic carbocycles. The minimum absolute atomic E-state index is 0.691. The van der Waals surface area contributed by atoms with E-state index >= 15 is 0 Å². The summed E-state index contributed by atoms with van der Waals surface area (Å²) in [6.07, 6.45) is 3.65. The first-order valence-corrected chi connectivity index (χ1v) is 19.2. The average Bonchev–Trinajstić information content (AvgIpc) is 3.65. The topological polar surface area (TPSA) is 38.7 Å². The number of aromatic nitrogens is 3. The minimum atomic E-state index is 0.691. The highest BCUT2D eigenvalue weighted by Crippen LogP contribution is 2.39. The molecule has 0 unspecified atom stereocenters. The molecule has 0 atom stereocenters. The van der Waals surface area contributed by atoms with E-state index in [-0.39, 0.29) is 0 Å². The Labute approximate surface area is 323 Å². The van der Waals surface area contributed by atoms with Crippen LogP contribution in [0.2, 0.25) is 0 Å². The maximum atomic E-state index is 5.25. The Morgan fingerprint density at radius 3 is 1.45 bits per heavy atom. The predicted molar refractivity (Wildman–Crippen MR) is 231 cm³/mol. The first-order valence-electron chi connectivity index (χ1n) is 18.4. The zero-order valence-corrected chi connectivity index (χ0v) is 30.6. The largest absolute Gasteiger partial charge is 0.265 e. The molecule has 3 aromatic heterocycles. The van der Waals surface area contributed by atoms with Crippen molar-refractivity contribution >= 4 is 31.5 Å². The third-order valence-electron chi connectivity index (χ3n) is 10.2. The van der Waals surface area contributed by atoms with Gasteiger partial charge >= 0.3 is 0 Å². The van der Waals surface area contributed by atoms with Crippen LogP contribution >= 0.6 is 11.3 Å². The maximum Gasteiger partial charge on any atom is 0.160 e. The molecule has 0 amide bonds. The van der Waals surface area contributed by atoms with E-state index in [9.17, 15) is 0 Å². The number of thiophene rings is 1. The fourth-order valence-corrected chi connectivity index (χ4v) is 8.42. The zero-order chi connectivity index (χ0) is 36.6. The molecule has 0 N–H and O–H groups in total. The standard InChI is InChI=1S/C51H33N3S/c1-3-9-34(10-4-1)35-15-17-37(18-16-35)42-29-43(41-23-24-50-46(32-41)45-13-7-8-14-49(45)55-50)31-44(30-42)48-33-47(53-51(54-48)40-11-5-2-6-12-40)39-21-19-36(20-22-39)38-25-27-52-28-26-38/h1-33H. The van der Waals surface area contributed by atoms with Gasteiger partial charge in [-0.05, 0) is 99.1 Å². The number of nitrogens with zero attached hydrogens (tertiary/aromatic N) is 3. The summed E-state index contributed by atoms with van der Waals surface area (Å²) in [6, 6.07) is 66.9. The number of fused-ring (bicyclic) bond motifs is 3. The molecule has 0 saturated carbocycles. The van der Waals surface area contributed by atoms with Gasteiger partial charge in [0.2, 0.25) is 0 Å². The van der Waals surface area contributed by atoms with Crippen LogP contribution in [0.1, 0.15) is 0 Å². The Bertz CT molecular complexity index is 2940. The molecule has 0 aliphatic heterocycles. The van der Waals surface area contributed by atoms with Gasteiger partial charge < -0.3 is 0 Å². The summed E-state index contributed by atoms with van der Waals surface area (Å²) in [5, 5.41) is 2.57. The monoisotopic (exact) mass is 719 g/mol. The van der Waals surface area contributed by atoms with Crippen molar-refractivity contribution in [2.45, 2.75) is 0 Å². The highest BCUT2D eigenvalue weighted by molar-refractivity contribution is 7.25. The summed E-state index contributed by atoms with van der Waals surface area (Å²) in [7, 11) is 0. The second-order valence-corrected chi connectivity index (χ2v) is 14.8. The van der Waals surface area contributed by atoms with Gasteiger partial charge in [-0.1, -0.05) is 133 Å². The Morgan fingerprint density at radius 1 is 0.291 bits per heavy atom. The van der Waals surface area contributed by atoms with Crippen LogP contribution in [0.5, 0.6) is 0 Å². The van der Waals surface area contributed by atoms with Crippen molar-refractivity contribution in [2.24, 2.45) is 0 Å². The molecule has 10 aromatic rings. The van der Waals surface area contributed by atoms with Crippen molar-refractivity contribution in [3.63, 3.8) is 0 Å². The fourth-order valence-electron chi connectivity index (χ4n) is 7.34. The van der Waals surface area contributed by atoms with Crippen LogP contribution in [0.25, 0.3) is 98.6 Å². The lowest BCUT2D eigenvalue weighted by atomic mass is 9.93. The van der Waals surface area contributed by atoms with E-state index in [4.69, 9.17) is 9.97 Å². The SMILES string of the molecule is c1ccc(-c2ccc(-c3cc(-c4ccc5sc6ccccc6c5c4)cc(-c4cc(-c5ccc(-c6ccncc6)cc5)nc(-c5ccccc5)n4)c3)cc2)cc1. The van der Waals surface area contributed by atoms with Crippen molar-refractivity contribution in [2.75, 3.05) is 0 Å². The minimum Gasteiger partial charge on any atom is -0.265 e. The quantitative estimate of drug-likeness (QED) is 0.165. The molecule has 0 fully saturated rings. The first-order chi connectivity index (χ1) is 27.2. The third-order valence-corrected chi connectivity index (χ3v) is 11.4. The van der Waals surface area contributed by atoms with Crippen LogP contribution in [-0.4, -0.2) is 15.0 Å². The van der Waals surface area contributed by atoms with Crippen LogP contribution in [0.4, 0.5) is 0 Å². The van der Waals surface area contributed by atoms with Gasteiger partial charge in [-0.25, -0.2) is 9.97 Å². The van der Waals surface area contributed by atoms with Gasteiger partial charge in [0.05, 0.1) is 11.4 Å². The Kier molecular flexibility index (Phi) is 8.36. The van der Waals surface area contributed by atoms with Gasteiger partial charge in [0.15, 0.2) is 5.82 Å². The number of rotatable bonds is 7. The van der Waals surface area contributed by atoms with E-state index in [0.717, 1.165) is 55.9 Å². The molecular formula is C51H33N3S. The van der Waals surface area contributed by atoms with Crippen molar-refractivity contribution < 1.29 is 0 Å². The summed E-state index contributed by atoms with van der Waals surface area (Å²) >= 11 is 1.84. The van der Waals surface area contributed by atoms with Gasteiger partial charge in [0.25, 0.3) is 0 Å². The van der Waals surface area contributed by atoms with Gasteiger partial charge in [-0.15, -0.1) is 11.3 Å². The highest BCUT2D eigenvalue weighted by atomic mass is 32.1. The molecule has 0 aliphatic carbocycles. The third kappa shape index (κ3) is 6.50. The maximum absolute atomic E-state index is 5.25. The van der Waals surface area contributed by atoms with Crippen molar-refractivity contribution in [1.82, 2.24) is 15.0 Å². The molecule has 10 rings (SSSR count). The summed E-state index contributed by atoms with van der Waals surface area (Å²) < 4.78 is 2.60. The second-order valence-electron chi connectivity index (χ2n) is 13.7. The molecule has 258 valence electrons. The van der Waals surface area contributed by atoms with E-state index in [1.165, 1.54) is 36.9 Å². The molecular weight excluding hydrogens is 687 g/mol. The Morgan fingerprint density at radius 2 is 0.764 bits per heavy atom. The first kappa shape index (κ1) is 32.6. The summed E-state index contributed by atoms with van der Waals surface area (Å²) in [5.41, 5.74) is 14.0. The summed E-state index contributed by atoms with van der Waals surface area (Å²) in [5.74, 6) is 0.691. The molecule has 4 heteroatoms. The molecule has 0 bridgehead atoms. The van der Waals surface area contributed by atoms with Crippen LogP contribution in [-0.2, 0) is 0 Å².